The zero-order valence-electron chi connectivity index (χ0n) is 8.00. The Morgan fingerprint density at radius 3 is 3.33 bits per heavy atom. The number of fused-ring (bicyclic) bond motifs is 1. The average molecular weight is 206 g/mol. The zero-order chi connectivity index (χ0) is 10.1. The maximum atomic E-state index is 5.26. The lowest BCUT2D eigenvalue weighted by Crippen LogP contribution is -2.20. The highest BCUT2D eigenvalue weighted by Gasteiger charge is 2.15. The summed E-state index contributed by atoms with van der Waals surface area (Å²) in [6.45, 7) is 1.54. The van der Waals surface area contributed by atoms with Crippen LogP contribution in [0.25, 0.3) is 5.65 Å². The lowest BCUT2D eigenvalue weighted by Gasteiger charge is -2.09. The summed E-state index contributed by atoms with van der Waals surface area (Å²) in [4.78, 5) is 0. The lowest BCUT2D eigenvalue weighted by atomic mass is 10.2. The first-order valence-electron chi connectivity index (χ1n) is 4.81. The van der Waals surface area contributed by atoms with E-state index in [9.17, 15) is 0 Å². The highest BCUT2D eigenvalue weighted by atomic mass is 16.5. The molecule has 1 aliphatic rings. The second-order valence-corrected chi connectivity index (χ2v) is 3.45. The molecule has 0 amide bonds. The third kappa shape index (κ3) is 1.61. The van der Waals surface area contributed by atoms with Gasteiger partial charge in [0.1, 0.15) is 5.82 Å². The molecule has 7 heteroatoms. The van der Waals surface area contributed by atoms with Crippen molar-refractivity contribution in [1.29, 1.82) is 0 Å². The van der Waals surface area contributed by atoms with Gasteiger partial charge in [0.05, 0.1) is 12.6 Å². The molecule has 1 atom stereocenters. The van der Waals surface area contributed by atoms with Crippen molar-refractivity contribution in [2.75, 3.05) is 18.5 Å². The maximum Gasteiger partial charge on any atom is 0.200 e. The van der Waals surface area contributed by atoms with Gasteiger partial charge in [-0.05, 0) is 29.0 Å². The molecule has 15 heavy (non-hydrogen) atoms. The number of hydrogen-bond donors (Lipinski definition) is 1. The van der Waals surface area contributed by atoms with E-state index in [2.05, 4.69) is 25.9 Å². The Morgan fingerprint density at radius 1 is 1.47 bits per heavy atom. The summed E-state index contributed by atoms with van der Waals surface area (Å²) in [5.74, 6) is 0.769. The summed E-state index contributed by atoms with van der Waals surface area (Å²) < 4.78 is 6.67. The van der Waals surface area contributed by atoms with Gasteiger partial charge in [0.2, 0.25) is 0 Å². The predicted octanol–water partition coefficient (Wildman–Crippen LogP) is -0.280. The minimum absolute atomic E-state index is 0.339. The van der Waals surface area contributed by atoms with E-state index in [1.54, 1.807) is 0 Å². The van der Waals surface area contributed by atoms with E-state index in [1.165, 1.54) is 4.63 Å². The highest BCUT2D eigenvalue weighted by molar-refractivity contribution is 5.42. The molecule has 2 aromatic rings. The molecular formula is C8H10N6O. The van der Waals surface area contributed by atoms with Crippen LogP contribution in [0.4, 0.5) is 5.82 Å². The Balaban J connectivity index is 1.84. The third-order valence-electron chi connectivity index (χ3n) is 2.35. The predicted molar refractivity (Wildman–Crippen MR) is 51.4 cm³/mol. The van der Waals surface area contributed by atoms with Gasteiger partial charge in [-0.25, -0.2) is 0 Å². The number of nitrogens with one attached hydrogen (secondary N) is 1. The molecule has 1 N–H and O–H groups in total. The zero-order valence-corrected chi connectivity index (χ0v) is 8.00. The first kappa shape index (κ1) is 8.54. The van der Waals surface area contributed by atoms with E-state index in [4.69, 9.17) is 4.74 Å². The van der Waals surface area contributed by atoms with Gasteiger partial charge < -0.3 is 10.1 Å². The molecule has 0 saturated carbocycles. The van der Waals surface area contributed by atoms with E-state index in [0.29, 0.717) is 11.7 Å². The molecule has 0 bridgehead atoms. The summed E-state index contributed by atoms with van der Waals surface area (Å²) in [7, 11) is 0. The van der Waals surface area contributed by atoms with Gasteiger partial charge >= 0.3 is 0 Å². The van der Waals surface area contributed by atoms with Crippen LogP contribution in [-0.4, -0.2) is 44.5 Å². The number of rotatable bonds is 2. The number of anilines is 1. The van der Waals surface area contributed by atoms with Crippen molar-refractivity contribution in [3.63, 3.8) is 0 Å². The van der Waals surface area contributed by atoms with Crippen molar-refractivity contribution in [3.8, 4) is 0 Å². The Bertz CT molecular complexity index is 463. The standard InChI is InChI=1S/C8H10N6O/c1-2-8-10-12-13-14(8)11-7(1)9-6-3-4-15-5-6/h1-2,6H,3-5H2,(H,9,11). The quantitative estimate of drug-likeness (QED) is 0.728. The fraction of sp³-hybridized carbons (Fsp3) is 0.500. The monoisotopic (exact) mass is 206 g/mol. The molecule has 1 aliphatic heterocycles. The minimum Gasteiger partial charge on any atom is -0.379 e. The number of ether oxygens (including phenoxy) is 1. The normalized spacial score (nSPS) is 20.9. The Morgan fingerprint density at radius 2 is 2.47 bits per heavy atom. The summed E-state index contributed by atoms with van der Waals surface area (Å²) in [5.41, 5.74) is 0.642. The van der Waals surface area contributed by atoms with Gasteiger partial charge in [0, 0.05) is 6.61 Å². The van der Waals surface area contributed by atoms with E-state index in [1.807, 2.05) is 12.1 Å². The SMILES string of the molecule is c1cc2nnnn2nc1NC1CCOC1. The maximum absolute atomic E-state index is 5.26. The van der Waals surface area contributed by atoms with Crippen molar-refractivity contribution < 1.29 is 4.74 Å². The highest BCUT2D eigenvalue weighted by Crippen LogP contribution is 2.11. The molecule has 1 unspecified atom stereocenters. The molecule has 0 spiro atoms. The van der Waals surface area contributed by atoms with Crippen LogP contribution in [-0.2, 0) is 4.74 Å². The van der Waals surface area contributed by atoms with Crippen molar-refractivity contribution in [1.82, 2.24) is 25.3 Å². The molecule has 3 rings (SSSR count). The fourth-order valence-corrected chi connectivity index (χ4v) is 1.58. The minimum atomic E-state index is 0.339. The molecule has 2 aromatic heterocycles. The van der Waals surface area contributed by atoms with Crippen molar-refractivity contribution in [2.24, 2.45) is 0 Å². The second kappa shape index (κ2) is 3.43. The van der Waals surface area contributed by atoms with Crippen LogP contribution >= 0.6 is 0 Å². The van der Waals surface area contributed by atoms with Gasteiger partial charge in [-0.2, -0.15) is 0 Å². The summed E-state index contributed by atoms with van der Waals surface area (Å²) in [6, 6.07) is 4.03. The molecule has 1 fully saturated rings. The topological polar surface area (TPSA) is 77.2 Å². The fourth-order valence-electron chi connectivity index (χ4n) is 1.58. The first-order chi connectivity index (χ1) is 7.42. The summed E-state index contributed by atoms with van der Waals surface area (Å²) >= 11 is 0. The number of nitrogens with zero attached hydrogens (tertiary/aromatic N) is 5. The van der Waals surface area contributed by atoms with Gasteiger partial charge in [0.25, 0.3) is 0 Å². The van der Waals surface area contributed by atoms with Crippen LogP contribution in [0.5, 0.6) is 0 Å². The van der Waals surface area contributed by atoms with Crippen LogP contribution in [0.15, 0.2) is 12.1 Å². The molecule has 3 heterocycles. The molecule has 7 nitrogen and oxygen atoms in total. The number of aromatic nitrogens is 5. The Hall–Kier alpha value is -1.76. The number of tetrazole rings is 1. The molecule has 0 aromatic carbocycles. The number of hydrogen-bond acceptors (Lipinski definition) is 6. The van der Waals surface area contributed by atoms with Gasteiger partial charge in [-0.15, -0.1) is 14.8 Å². The average Bonchev–Trinajstić information content (AvgIpc) is 2.87. The smallest absolute Gasteiger partial charge is 0.200 e. The van der Waals surface area contributed by atoms with Gasteiger partial charge in [-0.3, -0.25) is 0 Å². The van der Waals surface area contributed by atoms with E-state index >= 15 is 0 Å². The van der Waals surface area contributed by atoms with E-state index in [-0.39, 0.29) is 0 Å². The molecule has 1 saturated heterocycles. The molecular weight excluding hydrogens is 196 g/mol. The van der Waals surface area contributed by atoms with Crippen LogP contribution < -0.4 is 5.32 Å². The molecule has 0 aliphatic carbocycles. The summed E-state index contributed by atoms with van der Waals surface area (Å²) in [5, 5.41) is 18.5. The van der Waals surface area contributed by atoms with Crippen LogP contribution in [0.1, 0.15) is 6.42 Å². The van der Waals surface area contributed by atoms with E-state index in [0.717, 1.165) is 25.5 Å². The van der Waals surface area contributed by atoms with Crippen molar-refractivity contribution in [3.05, 3.63) is 12.1 Å². The van der Waals surface area contributed by atoms with Crippen LogP contribution in [0.2, 0.25) is 0 Å². The second-order valence-electron chi connectivity index (χ2n) is 3.45. The largest absolute Gasteiger partial charge is 0.379 e. The summed E-state index contributed by atoms with van der Waals surface area (Å²) in [6.07, 6.45) is 1.01. The first-order valence-corrected chi connectivity index (χ1v) is 4.81. The van der Waals surface area contributed by atoms with Crippen molar-refractivity contribution >= 4 is 11.5 Å². The Kier molecular flexibility index (Phi) is 1.95. The lowest BCUT2D eigenvalue weighted by molar-refractivity contribution is 0.195. The third-order valence-corrected chi connectivity index (χ3v) is 2.35. The molecule has 0 radical (unpaired) electrons. The van der Waals surface area contributed by atoms with Gasteiger partial charge in [-0.1, -0.05) is 0 Å². The molecule has 78 valence electrons. The Labute approximate surface area is 85.4 Å². The van der Waals surface area contributed by atoms with Crippen LogP contribution in [0, 0.1) is 0 Å². The van der Waals surface area contributed by atoms with E-state index < -0.39 is 0 Å². The van der Waals surface area contributed by atoms with Crippen molar-refractivity contribution in [2.45, 2.75) is 12.5 Å². The van der Waals surface area contributed by atoms with Crippen LogP contribution in [0.3, 0.4) is 0 Å². The van der Waals surface area contributed by atoms with Gasteiger partial charge in [0.15, 0.2) is 5.65 Å².